The molecule has 1 aliphatic carbocycles. The van der Waals surface area contributed by atoms with E-state index in [4.69, 9.17) is 5.11 Å². The van der Waals surface area contributed by atoms with Gasteiger partial charge in [-0.2, -0.15) is 0 Å². The molecule has 0 spiro atoms. The van der Waals surface area contributed by atoms with E-state index in [1.54, 1.807) is 0 Å². The normalized spacial score (nSPS) is 32.5. The van der Waals surface area contributed by atoms with Crippen molar-refractivity contribution in [3.8, 4) is 0 Å². The molecular formula is C17H31NO2. The quantitative estimate of drug-likeness (QED) is 0.814. The van der Waals surface area contributed by atoms with Crippen LogP contribution in [0.3, 0.4) is 0 Å². The molecule has 1 saturated heterocycles. The smallest absolute Gasteiger partial charge is 0.137 e. The highest BCUT2D eigenvalue weighted by molar-refractivity contribution is 5.81. The lowest BCUT2D eigenvalue weighted by Gasteiger charge is -2.37. The highest BCUT2D eigenvalue weighted by Gasteiger charge is 2.31. The number of likely N-dealkylation sites (tertiary alicyclic amines) is 1. The molecule has 1 heterocycles. The van der Waals surface area contributed by atoms with Gasteiger partial charge in [-0.1, -0.05) is 19.8 Å². The van der Waals surface area contributed by atoms with E-state index < -0.39 is 0 Å². The first-order valence-corrected chi connectivity index (χ1v) is 8.58. The third-order valence-corrected chi connectivity index (χ3v) is 5.19. The lowest BCUT2D eigenvalue weighted by atomic mass is 9.78. The van der Waals surface area contributed by atoms with E-state index in [0.717, 1.165) is 51.2 Å². The Morgan fingerprint density at radius 2 is 2.10 bits per heavy atom. The molecule has 3 unspecified atom stereocenters. The number of aliphatic hydroxyl groups excluding tert-OH is 1. The fourth-order valence-electron chi connectivity index (χ4n) is 4.10. The van der Waals surface area contributed by atoms with Crippen LogP contribution < -0.4 is 0 Å². The first-order valence-electron chi connectivity index (χ1n) is 8.58. The maximum atomic E-state index is 12.2. The second kappa shape index (κ2) is 8.14. The zero-order chi connectivity index (χ0) is 14.4. The average Bonchev–Trinajstić information content (AvgIpc) is 2.44. The molecule has 0 amide bonds. The Morgan fingerprint density at radius 1 is 1.25 bits per heavy atom. The van der Waals surface area contributed by atoms with Crippen LogP contribution in [0.4, 0.5) is 0 Å². The molecule has 1 aliphatic heterocycles. The lowest BCUT2D eigenvalue weighted by Crippen LogP contribution is -2.42. The van der Waals surface area contributed by atoms with E-state index in [-0.39, 0.29) is 5.92 Å². The summed E-state index contributed by atoms with van der Waals surface area (Å²) in [5.74, 6) is 2.20. The molecule has 1 N–H and O–H groups in total. The highest BCUT2D eigenvalue weighted by Crippen LogP contribution is 2.31. The molecule has 2 fully saturated rings. The highest BCUT2D eigenvalue weighted by atomic mass is 16.3. The van der Waals surface area contributed by atoms with Gasteiger partial charge in [-0.15, -0.1) is 0 Å². The van der Waals surface area contributed by atoms with Crippen molar-refractivity contribution < 1.29 is 9.90 Å². The molecule has 0 radical (unpaired) electrons. The van der Waals surface area contributed by atoms with Crippen LogP contribution in [0.1, 0.15) is 58.3 Å². The minimum Gasteiger partial charge on any atom is -0.396 e. The number of ketones is 1. The Labute approximate surface area is 123 Å². The zero-order valence-corrected chi connectivity index (χ0v) is 13.0. The van der Waals surface area contributed by atoms with Crippen molar-refractivity contribution in [1.82, 2.24) is 4.90 Å². The first-order chi connectivity index (χ1) is 9.72. The molecule has 3 heteroatoms. The van der Waals surface area contributed by atoms with Gasteiger partial charge in [0.1, 0.15) is 5.78 Å². The second-order valence-electron chi connectivity index (χ2n) is 6.87. The van der Waals surface area contributed by atoms with Crippen molar-refractivity contribution in [3.05, 3.63) is 0 Å². The van der Waals surface area contributed by atoms with Gasteiger partial charge >= 0.3 is 0 Å². The fraction of sp³-hybridized carbons (Fsp3) is 0.941. The minimum absolute atomic E-state index is 0.285. The molecule has 20 heavy (non-hydrogen) atoms. The Balaban J connectivity index is 1.82. The Kier molecular flexibility index (Phi) is 6.50. The van der Waals surface area contributed by atoms with Crippen LogP contribution in [-0.4, -0.2) is 42.0 Å². The summed E-state index contributed by atoms with van der Waals surface area (Å²) in [7, 11) is 0. The van der Waals surface area contributed by atoms with Gasteiger partial charge in [-0.25, -0.2) is 0 Å². The summed E-state index contributed by atoms with van der Waals surface area (Å²) >= 11 is 0. The predicted octanol–water partition coefficient (Wildman–Crippen LogP) is 2.87. The summed E-state index contributed by atoms with van der Waals surface area (Å²) in [5, 5.41) is 9.09. The van der Waals surface area contributed by atoms with Crippen LogP contribution in [0.25, 0.3) is 0 Å². The largest absolute Gasteiger partial charge is 0.396 e. The predicted molar refractivity (Wildman–Crippen MR) is 81.6 cm³/mol. The molecule has 0 aromatic carbocycles. The zero-order valence-electron chi connectivity index (χ0n) is 13.0. The van der Waals surface area contributed by atoms with E-state index in [1.165, 1.54) is 25.7 Å². The van der Waals surface area contributed by atoms with Crippen LogP contribution in [0, 0.1) is 17.8 Å². The van der Waals surface area contributed by atoms with Crippen LogP contribution in [-0.2, 0) is 4.79 Å². The number of hydrogen-bond donors (Lipinski definition) is 1. The molecule has 0 bridgehead atoms. The van der Waals surface area contributed by atoms with Crippen molar-refractivity contribution >= 4 is 5.78 Å². The van der Waals surface area contributed by atoms with Gasteiger partial charge in [0, 0.05) is 32.0 Å². The van der Waals surface area contributed by atoms with E-state index in [0.29, 0.717) is 18.3 Å². The molecule has 2 rings (SSSR count). The molecular weight excluding hydrogens is 250 g/mol. The molecule has 3 atom stereocenters. The van der Waals surface area contributed by atoms with Crippen molar-refractivity contribution in [2.75, 3.05) is 26.2 Å². The van der Waals surface area contributed by atoms with Crippen LogP contribution in [0.15, 0.2) is 0 Å². The molecule has 116 valence electrons. The number of carbonyl (C=O) groups excluding carboxylic acids is 1. The third kappa shape index (κ3) is 4.56. The van der Waals surface area contributed by atoms with Gasteiger partial charge in [0.2, 0.25) is 0 Å². The van der Waals surface area contributed by atoms with Gasteiger partial charge in [0.05, 0.1) is 0 Å². The number of Topliss-reactive ketones (excluding diaryl/α,β-unsaturated/α-hetero) is 1. The summed E-state index contributed by atoms with van der Waals surface area (Å²) in [6, 6.07) is 0. The Hall–Kier alpha value is -0.410. The van der Waals surface area contributed by atoms with Gasteiger partial charge < -0.3 is 10.0 Å². The molecule has 1 saturated carbocycles. The standard InChI is InChI=1S/C17H31NO2/c1-2-4-14-6-7-17(20)16(11-14)13-18-9-3-5-15(12-18)8-10-19/h14-16,19H,2-13H2,1H3. The van der Waals surface area contributed by atoms with E-state index in [1.807, 2.05) is 0 Å². The summed E-state index contributed by atoms with van der Waals surface area (Å²) in [6.07, 6.45) is 8.98. The van der Waals surface area contributed by atoms with E-state index >= 15 is 0 Å². The summed E-state index contributed by atoms with van der Waals surface area (Å²) in [6.45, 7) is 5.75. The summed E-state index contributed by atoms with van der Waals surface area (Å²) in [5.41, 5.74) is 0. The molecule has 2 aliphatic rings. The topological polar surface area (TPSA) is 40.5 Å². The van der Waals surface area contributed by atoms with E-state index in [9.17, 15) is 4.79 Å². The van der Waals surface area contributed by atoms with Crippen molar-refractivity contribution in [3.63, 3.8) is 0 Å². The van der Waals surface area contributed by atoms with Crippen LogP contribution >= 0.6 is 0 Å². The van der Waals surface area contributed by atoms with Gasteiger partial charge in [-0.3, -0.25) is 4.79 Å². The van der Waals surface area contributed by atoms with Crippen molar-refractivity contribution in [1.29, 1.82) is 0 Å². The van der Waals surface area contributed by atoms with Gasteiger partial charge in [0.15, 0.2) is 0 Å². The SMILES string of the molecule is CCCC1CCC(=O)C(CN2CCCC(CCO)C2)C1. The van der Waals surface area contributed by atoms with E-state index in [2.05, 4.69) is 11.8 Å². The second-order valence-corrected chi connectivity index (χ2v) is 6.87. The number of hydrogen-bond acceptors (Lipinski definition) is 3. The number of aliphatic hydroxyl groups is 1. The number of rotatable bonds is 6. The number of nitrogens with zero attached hydrogens (tertiary/aromatic N) is 1. The number of piperidine rings is 1. The number of carbonyl (C=O) groups is 1. The molecule has 0 aromatic rings. The summed E-state index contributed by atoms with van der Waals surface area (Å²) < 4.78 is 0. The Morgan fingerprint density at radius 3 is 2.85 bits per heavy atom. The average molecular weight is 281 g/mol. The van der Waals surface area contributed by atoms with Crippen LogP contribution in [0.2, 0.25) is 0 Å². The fourth-order valence-corrected chi connectivity index (χ4v) is 4.10. The van der Waals surface area contributed by atoms with Gasteiger partial charge in [0.25, 0.3) is 0 Å². The third-order valence-electron chi connectivity index (χ3n) is 5.19. The molecule has 3 nitrogen and oxygen atoms in total. The maximum Gasteiger partial charge on any atom is 0.137 e. The summed E-state index contributed by atoms with van der Waals surface area (Å²) in [4.78, 5) is 14.6. The van der Waals surface area contributed by atoms with Crippen molar-refractivity contribution in [2.24, 2.45) is 17.8 Å². The monoisotopic (exact) mass is 281 g/mol. The minimum atomic E-state index is 0.285. The maximum absolute atomic E-state index is 12.2. The molecule has 0 aromatic heterocycles. The van der Waals surface area contributed by atoms with Gasteiger partial charge in [-0.05, 0) is 50.5 Å². The first kappa shape index (κ1) is 16.0. The van der Waals surface area contributed by atoms with Crippen molar-refractivity contribution in [2.45, 2.75) is 58.3 Å². The van der Waals surface area contributed by atoms with Crippen LogP contribution in [0.5, 0.6) is 0 Å². The lowest BCUT2D eigenvalue weighted by molar-refractivity contribution is -0.126. The Bertz CT molecular complexity index is 303.